The molecule has 0 bridgehead atoms. The van der Waals surface area contributed by atoms with E-state index < -0.39 is 12.1 Å². The molecule has 1 aliphatic carbocycles. The van der Waals surface area contributed by atoms with E-state index in [4.69, 9.17) is 9.15 Å². The minimum atomic E-state index is -0.813. The number of hydrogen-bond donors (Lipinski definition) is 0. The first kappa shape index (κ1) is 16.6. The number of carbonyl (C=O) groups excluding carboxylic acids is 2. The first-order valence-electron chi connectivity index (χ1n) is 8.92. The van der Waals surface area contributed by atoms with Crippen LogP contribution in [0.3, 0.4) is 0 Å². The SMILES string of the molecule is C[C@H](OC(=O)Cc1coc2cc3c(cc12)CCC3)C(=O)c1ccccc1. The normalized spacial score (nSPS) is 14.2. The fraction of sp³-hybridized carbons (Fsp3) is 0.273. The molecule has 0 saturated carbocycles. The maximum Gasteiger partial charge on any atom is 0.311 e. The molecule has 0 fully saturated rings. The van der Waals surface area contributed by atoms with Gasteiger partial charge in [-0.15, -0.1) is 0 Å². The Balaban J connectivity index is 1.47. The molecule has 1 atom stereocenters. The van der Waals surface area contributed by atoms with Crippen LogP contribution in [-0.4, -0.2) is 17.9 Å². The Bertz CT molecular complexity index is 968. The molecule has 0 radical (unpaired) electrons. The summed E-state index contributed by atoms with van der Waals surface area (Å²) < 4.78 is 11.0. The summed E-state index contributed by atoms with van der Waals surface area (Å²) in [6.07, 6.45) is 4.22. The summed E-state index contributed by atoms with van der Waals surface area (Å²) in [6, 6.07) is 13.1. The molecule has 0 N–H and O–H groups in total. The third kappa shape index (κ3) is 3.15. The molecule has 4 heteroatoms. The van der Waals surface area contributed by atoms with Gasteiger partial charge in [0.05, 0.1) is 12.7 Å². The summed E-state index contributed by atoms with van der Waals surface area (Å²) in [5.41, 5.74) is 4.82. The minimum absolute atomic E-state index is 0.0954. The first-order chi connectivity index (χ1) is 12.6. The van der Waals surface area contributed by atoms with Crippen molar-refractivity contribution in [2.45, 2.75) is 38.7 Å². The molecule has 0 spiro atoms. The van der Waals surface area contributed by atoms with Gasteiger partial charge in [-0.25, -0.2) is 0 Å². The highest BCUT2D eigenvalue weighted by Gasteiger charge is 2.21. The van der Waals surface area contributed by atoms with Crippen LogP contribution in [0.4, 0.5) is 0 Å². The number of Topliss-reactive ketones (excluding diaryl/α,β-unsaturated/α-hetero) is 1. The molecule has 2 aromatic carbocycles. The molecule has 1 aliphatic rings. The van der Waals surface area contributed by atoms with Crippen LogP contribution in [-0.2, 0) is 28.8 Å². The molecular formula is C22H20O4. The lowest BCUT2D eigenvalue weighted by Gasteiger charge is -2.12. The summed E-state index contributed by atoms with van der Waals surface area (Å²) in [5.74, 6) is -0.626. The standard InChI is InChI=1S/C22H20O4/c1-14(22(24)15-6-3-2-4-7-15)26-21(23)12-18-13-25-20-11-17-9-5-8-16(17)10-19(18)20/h2-4,6-7,10-11,13-14H,5,8-9,12H2,1H3/t14-/m0/s1. The zero-order valence-corrected chi connectivity index (χ0v) is 14.7. The fourth-order valence-corrected chi connectivity index (χ4v) is 3.57. The number of benzene rings is 2. The molecule has 132 valence electrons. The van der Waals surface area contributed by atoms with Crippen LogP contribution < -0.4 is 0 Å². The predicted octanol–water partition coefficient (Wildman–Crippen LogP) is 4.28. The fourth-order valence-electron chi connectivity index (χ4n) is 3.57. The lowest BCUT2D eigenvalue weighted by molar-refractivity contribution is -0.145. The van der Waals surface area contributed by atoms with Gasteiger partial charge in [0.2, 0.25) is 5.78 Å². The van der Waals surface area contributed by atoms with E-state index in [0.29, 0.717) is 5.56 Å². The Morgan fingerprint density at radius 2 is 1.85 bits per heavy atom. The maximum atomic E-state index is 12.3. The van der Waals surface area contributed by atoms with Gasteiger partial charge < -0.3 is 9.15 Å². The number of rotatable bonds is 5. The van der Waals surface area contributed by atoms with Crippen LogP contribution in [0, 0.1) is 0 Å². The van der Waals surface area contributed by atoms with Gasteiger partial charge in [0.15, 0.2) is 6.10 Å². The van der Waals surface area contributed by atoms with E-state index in [9.17, 15) is 9.59 Å². The van der Waals surface area contributed by atoms with Crippen LogP contribution in [0.25, 0.3) is 11.0 Å². The highest BCUT2D eigenvalue weighted by atomic mass is 16.5. The van der Waals surface area contributed by atoms with Crippen molar-refractivity contribution >= 4 is 22.7 Å². The topological polar surface area (TPSA) is 56.5 Å². The van der Waals surface area contributed by atoms with Crippen LogP contribution in [0.5, 0.6) is 0 Å². The van der Waals surface area contributed by atoms with Crippen LogP contribution in [0.1, 0.15) is 40.4 Å². The van der Waals surface area contributed by atoms with Crippen molar-refractivity contribution in [2.24, 2.45) is 0 Å². The zero-order chi connectivity index (χ0) is 18.1. The number of fused-ring (bicyclic) bond motifs is 2. The van der Waals surface area contributed by atoms with Crippen molar-refractivity contribution < 1.29 is 18.7 Å². The van der Waals surface area contributed by atoms with E-state index in [-0.39, 0.29) is 12.2 Å². The highest BCUT2D eigenvalue weighted by molar-refractivity contribution is 6.00. The molecule has 0 unspecified atom stereocenters. The molecule has 4 rings (SSSR count). The first-order valence-corrected chi connectivity index (χ1v) is 8.92. The van der Waals surface area contributed by atoms with Crippen LogP contribution >= 0.6 is 0 Å². The zero-order valence-electron chi connectivity index (χ0n) is 14.7. The van der Waals surface area contributed by atoms with Crippen molar-refractivity contribution in [3.05, 3.63) is 71.0 Å². The highest BCUT2D eigenvalue weighted by Crippen LogP contribution is 2.30. The van der Waals surface area contributed by atoms with Crippen molar-refractivity contribution in [1.82, 2.24) is 0 Å². The van der Waals surface area contributed by atoms with Crippen molar-refractivity contribution in [3.8, 4) is 0 Å². The molecule has 0 saturated heterocycles. The quantitative estimate of drug-likeness (QED) is 0.510. The van der Waals surface area contributed by atoms with E-state index >= 15 is 0 Å². The summed E-state index contributed by atoms with van der Waals surface area (Å²) in [4.78, 5) is 24.6. The number of hydrogen-bond acceptors (Lipinski definition) is 4. The largest absolute Gasteiger partial charge is 0.464 e. The number of esters is 1. The maximum absolute atomic E-state index is 12.3. The lowest BCUT2D eigenvalue weighted by atomic mass is 10.0. The number of ether oxygens (including phenoxy) is 1. The van der Waals surface area contributed by atoms with Gasteiger partial charge >= 0.3 is 5.97 Å². The second-order valence-corrected chi connectivity index (χ2v) is 6.77. The van der Waals surface area contributed by atoms with Crippen LogP contribution in [0.15, 0.2) is 53.1 Å². The van der Waals surface area contributed by atoms with Crippen molar-refractivity contribution in [3.63, 3.8) is 0 Å². The Morgan fingerprint density at radius 1 is 1.12 bits per heavy atom. The summed E-state index contributed by atoms with van der Waals surface area (Å²) in [6.45, 7) is 1.60. The number of aryl methyl sites for hydroxylation is 2. The Kier molecular flexibility index (Phi) is 4.33. The molecule has 1 aromatic heterocycles. The smallest absolute Gasteiger partial charge is 0.311 e. The van der Waals surface area contributed by atoms with Crippen molar-refractivity contribution in [2.75, 3.05) is 0 Å². The number of carbonyl (C=O) groups is 2. The van der Waals surface area contributed by atoms with Gasteiger partial charge in [0, 0.05) is 16.5 Å². The Morgan fingerprint density at radius 3 is 2.62 bits per heavy atom. The third-order valence-electron chi connectivity index (χ3n) is 4.94. The Hall–Kier alpha value is -2.88. The van der Waals surface area contributed by atoms with Crippen molar-refractivity contribution in [1.29, 1.82) is 0 Å². The summed E-state index contributed by atoms with van der Waals surface area (Å²) in [7, 11) is 0. The van der Waals surface area contributed by atoms with E-state index in [1.165, 1.54) is 17.5 Å². The molecule has 0 aliphatic heterocycles. The van der Waals surface area contributed by atoms with E-state index in [2.05, 4.69) is 12.1 Å². The predicted molar refractivity (Wildman–Crippen MR) is 98.3 cm³/mol. The number of ketones is 1. The van der Waals surface area contributed by atoms with Crippen LogP contribution in [0.2, 0.25) is 0 Å². The second kappa shape index (κ2) is 6.79. The van der Waals surface area contributed by atoms with E-state index in [0.717, 1.165) is 29.4 Å². The lowest BCUT2D eigenvalue weighted by Crippen LogP contribution is -2.25. The summed E-state index contributed by atoms with van der Waals surface area (Å²) in [5, 5.41) is 0.963. The third-order valence-corrected chi connectivity index (χ3v) is 4.94. The second-order valence-electron chi connectivity index (χ2n) is 6.77. The average molecular weight is 348 g/mol. The van der Waals surface area contributed by atoms with Gasteiger partial charge in [-0.3, -0.25) is 9.59 Å². The molecule has 0 amide bonds. The van der Waals surface area contributed by atoms with Gasteiger partial charge in [0.1, 0.15) is 5.58 Å². The Labute approximate surface area is 151 Å². The molecular weight excluding hydrogens is 328 g/mol. The average Bonchev–Trinajstić information content (AvgIpc) is 3.26. The van der Waals surface area contributed by atoms with E-state index in [1.807, 2.05) is 6.07 Å². The molecule has 1 heterocycles. The monoisotopic (exact) mass is 348 g/mol. The molecule has 26 heavy (non-hydrogen) atoms. The van der Waals surface area contributed by atoms with Gasteiger partial charge in [-0.1, -0.05) is 30.3 Å². The molecule has 3 aromatic rings. The van der Waals surface area contributed by atoms with Gasteiger partial charge in [0.25, 0.3) is 0 Å². The molecule has 4 nitrogen and oxygen atoms in total. The summed E-state index contributed by atoms with van der Waals surface area (Å²) >= 11 is 0. The van der Waals surface area contributed by atoms with Gasteiger partial charge in [-0.2, -0.15) is 0 Å². The van der Waals surface area contributed by atoms with E-state index in [1.54, 1.807) is 37.5 Å². The van der Waals surface area contributed by atoms with Gasteiger partial charge in [-0.05, 0) is 49.4 Å². The number of furan rings is 1. The minimum Gasteiger partial charge on any atom is -0.464 e.